The number of nitrogens with two attached hydrogens (primary N) is 2. The zero-order valence-corrected chi connectivity index (χ0v) is 16.5. The van der Waals surface area contributed by atoms with Crippen LogP contribution in [0, 0.1) is 13.8 Å². The van der Waals surface area contributed by atoms with E-state index < -0.39 is 11.8 Å². The van der Waals surface area contributed by atoms with E-state index in [1.807, 2.05) is 19.9 Å². The fourth-order valence-corrected chi connectivity index (χ4v) is 3.41. The van der Waals surface area contributed by atoms with Gasteiger partial charge in [-0.1, -0.05) is 24.1 Å². The normalized spacial score (nSPS) is 14.0. The number of benzene rings is 1. The zero-order chi connectivity index (χ0) is 21.1. The van der Waals surface area contributed by atoms with Crippen molar-refractivity contribution in [3.8, 4) is 0 Å². The molecule has 154 valence electrons. The van der Waals surface area contributed by atoms with Crippen LogP contribution in [0.25, 0.3) is 0 Å². The van der Waals surface area contributed by atoms with Crippen LogP contribution in [0.2, 0.25) is 0 Å². The Labute approximate surface area is 168 Å². The molecule has 0 atom stereocenters. The Balaban J connectivity index is 1.91. The number of carbonyl (C=O) groups is 3. The van der Waals surface area contributed by atoms with E-state index in [4.69, 9.17) is 16.0 Å². The van der Waals surface area contributed by atoms with E-state index in [0.717, 1.165) is 36.8 Å². The van der Waals surface area contributed by atoms with Crippen molar-refractivity contribution in [3.63, 3.8) is 0 Å². The van der Waals surface area contributed by atoms with Crippen LogP contribution >= 0.6 is 0 Å². The topological polar surface area (TPSA) is 145 Å². The highest BCUT2D eigenvalue weighted by atomic mass is 16.5. The minimum absolute atomic E-state index is 0.121. The van der Waals surface area contributed by atoms with Crippen LogP contribution in [-0.4, -0.2) is 35.5 Å². The standard InChI is InChI=1S/C20H25N5O4/c1-11-7-8-14(9-12(11)2)25(10-15(26)23-13-5-3-4-6-13)20(28)18-16(21)17(19(22)27)24-29-18/h7-9,13H,3-6,10,21H2,1-2H3,(H2,22,27)(H,23,26). The molecule has 1 aromatic heterocycles. The first kappa shape index (κ1) is 20.4. The molecule has 1 aromatic carbocycles. The fourth-order valence-electron chi connectivity index (χ4n) is 3.41. The number of nitrogens with one attached hydrogen (secondary N) is 1. The summed E-state index contributed by atoms with van der Waals surface area (Å²) < 4.78 is 4.99. The molecule has 0 radical (unpaired) electrons. The molecule has 1 saturated carbocycles. The summed E-state index contributed by atoms with van der Waals surface area (Å²) in [5.74, 6) is -2.18. The summed E-state index contributed by atoms with van der Waals surface area (Å²) in [5.41, 5.74) is 13.0. The number of carbonyl (C=O) groups excluding carboxylic acids is 3. The van der Waals surface area contributed by atoms with Crippen molar-refractivity contribution in [3.05, 3.63) is 40.8 Å². The third-order valence-electron chi connectivity index (χ3n) is 5.22. The van der Waals surface area contributed by atoms with Crippen LogP contribution in [0.1, 0.15) is 57.9 Å². The van der Waals surface area contributed by atoms with Gasteiger partial charge in [-0.25, -0.2) is 0 Å². The molecule has 9 nitrogen and oxygen atoms in total. The van der Waals surface area contributed by atoms with Crippen LogP contribution in [-0.2, 0) is 4.79 Å². The number of anilines is 2. The maximum Gasteiger partial charge on any atom is 0.299 e. The highest BCUT2D eigenvalue weighted by Gasteiger charge is 2.30. The summed E-state index contributed by atoms with van der Waals surface area (Å²) in [6.07, 6.45) is 4.02. The SMILES string of the molecule is Cc1ccc(N(CC(=O)NC2CCCC2)C(=O)c2onc(C(N)=O)c2N)cc1C. The predicted octanol–water partition coefficient (Wildman–Crippen LogP) is 1.68. The number of rotatable bonds is 6. The summed E-state index contributed by atoms with van der Waals surface area (Å²) in [5, 5.41) is 6.45. The van der Waals surface area contributed by atoms with Gasteiger partial charge in [0.25, 0.3) is 11.8 Å². The van der Waals surface area contributed by atoms with E-state index in [1.54, 1.807) is 12.1 Å². The quantitative estimate of drug-likeness (QED) is 0.674. The molecule has 0 spiro atoms. The van der Waals surface area contributed by atoms with Crippen molar-refractivity contribution in [1.29, 1.82) is 0 Å². The van der Waals surface area contributed by atoms with Gasteiger partial charge in [-0.3, -0.25) is 19.3 Å². The third kappa shape index (κ3) is 4.39. The van der Waals surface area contributed by atoms with E-state index in [9.17, 15) is 14.4 Å². The fraction of sp³-hybridized carbons (Fsp3) is 0.400. The predicted molar refractivity (Wildman–Crippen MR) is 107 cm³/mol. The number of primary amides is 1. The van der Waals surface area contributed by atoms with Crippen molar-refractivity contribution in [2.24, 2.45) is 5.73 Å². The molecule has 0 aliphatic heterocycles. The Bertz CT molecular complexity index is 946. The number of hydrogen-bond acceptors (Lipinski definition) is 6. The zero-order valence-electron chi connectivity index (χ0n) is 16.5. The molecule has 1 fully saturated rings. The number of nitrogens with zero attached hydrogens (tertiary/aromatic N) is 2. The second kappa shape index (κ2) is 8.34. The van der Waals surface area contributed by atoms with Gasteiger partial charge in [0, 0.05) is 11.7 Å². The summed E-state index contributed by atoms with van der Waals surface area (Å²) in [6.45, 7) is 3.64. The average Bonchev–Trinajstić information content (AvgIpc) is 3.31. The second-order valence-corrected chi connectivity index (χ2v) is 7.35. The van der Waals surface area contributed by atoms with Crippen molar-refractivity contribution >= 4 is 29.1 Å². The molecule has 9 heteroatoms. The molecule has 2 aromatic rings. The smallest absolute Gasteiger partial charge is 0.299 e. The summed E-state index contributed by atoms with van der Waals surface area (Å²) in [6, 6.07) is 5.52. The second-order valence-electron chi connectivity index (χ2n) is 7.35. The molecule has 29 heavy (non-hydrogen) atoms. The van der Waals surface area contributed by atoms with Crippen LogP contribution in [0.15, 0.2) is 22.7 Å². The van der Waals surface area contributed by atoms with Gasteiger partial charge in [-0.15, -0.1) is 0 Å². The van der Waals surface area contributed by atoms with Gasteiger partial charge in [-0.2, -0.15) is 0 Å². The molecule has 0 saturated heterocycles. The number of hydrogen-bond donors (Lipinski definition) is 3. The first-order valence-corrected chi connectivity index (χ1v) is 9.51. The Morgan fingerprint density at radius 3 is 2.48 bits per heavy atom. The van der Waals surface area contributed by atoms with E-state index in [1.165, 1.54) is 4.90 Å². The van der Waals surface area contributed by atoms with Crippen molar-refractivity contribution in [1.82, 2.24) is 10.5 Å². The first-order valence-electron chi connectivity index (χ1n) is 9.51. The molecule has 1 aliphatic carbocycles. The maximum absolute atomic E-state index is 13.2. The lowest BCUT2D eigenvalue weighted by Crippen LogP contribution is -2.43. The van der Waals surface area contributed by atoms with E-state index in [2.05, 4.69) is 10.5 Å². The van der Waals surface area contributed by atoms with Crippen LogP contribution < -0.4 is 21.7 Å². The Hall–Kier alpha value is -3.36. The minimum atomic E-state index is -0.901. The average molecular weight is 399 g/mol. The number of nitrogen functional groups attached to an aromatic ring is 1. The molecular weight excluding hydrogens is 374 g/mol. The lowest BCUT2D eigenvalue weighted by atomic mass is 10.1. The largest absolute Gasteiger partial charge is 0.393 e. The van der Waals surface area contributed by atoms with Crippen molar-refractivity contribution in [2.75, 3.05) is 17.2 Å². The summed E-state index contributed by atoms with van der Waals surface area (Å²) in [4.78, 5) is 38.4. The lowest BCUT2D eigenvalue weighted by molar-refractivity contribution is -0.120. The van der Waals surface area contributed by atoms with Gasteiger partial charge in [0.1, 0.15) is 12.2 Å². The summed E-state index contributed by atoms with van der Waals surface area (Å²) in [7, 11) is 0. The summed E-state index contributed by atoms with van der Waals surface area (Å²) >= 11 is 0. The van der Waals surface area contributed by atoms with Crippen LogP contribution in [0.4, 0.5) is 11.4 Å². The van der Waals surface area contributed by atoms with E-state index in [-0.39, 0.29) is 35.6 Å². The van der Waals surface area contributed by atoms with Gasteiger partial charge in [0.2, 0.25) is 11.7 Å². The minimum Gasteiger partial charge on any atom is -0.393 e. The Morgan fingerprint density at radius 2 is 1.90 bits per heavy atom. The lowest BCUT2D eigenvalue weighted by Gasteiger charge is -2.23. The Morgan fingerprint density at radius 1 is 1.21 bits per heavy atom. The third-order valence-corrected chi connectivity index (χ3v) is 5.22. The maximum atomic E-state index is 13.2. The van der Waals surface area contributed by atoms with Gasteiger partial charge < -0.3 is 21.3 Å². The van der Waals surface area contributed by atoms with Crippen LogP contribution in [0.5, 0.6) is 0 Å². The van der Waals surface area contributed by atoms with E-state index in [0.29, 0.717) is 5.69 Å². The molecular formula is C20H25N5O4. The molecule has 1 heterocycles. The van der Waals surface area contributed by atoms with Gasteiger partial charge >= 0.3 is 0 Å². The van der Waals surface area contributed by atoms with Gasteiger partial charge in [0.05, 0.1) is 0 Å². The van der Waals surface area contributed by atoms with Gasteiger partial charge in [-0.05, 0) is 49.9 Å². The molecule has 3 amide bonds. The van der Waals surface area contributed by atoms with Crippen molar-refractivity contribution in [2.45, 2.75) is 45.6 Å². The number of amides is 3. The van der Waals surface area contributed by atoms with E-state index >= 15 is 0 Å². The molecule has 3 rings (SSSR count). The number of aromatic nitrogens is 1. The number of aryl methyl sites for hydroxylation is 2. The van der Waals surface area contributed by atoms with Crippen molar-refractivity contribution < 1.29 is 18.9 Å². The highest BCUT2D eigenvalue weighted by molar-refractivity contribution is 6.12. The van der Waals surface area contributed by atoms with Gasteiger partial charge in [0.15, 0.2) is 5.69 Å². The molecule has 5 N–H and O–H groups in total. The molecule has 0 unspecified atom stereocenters. The van der Waals surface area contributed by atoms with Crippen LogP contribution in [0.3, 0.4) is 0 Å². The molecule has 1 aliphatic rings. The first-order chi connectivity index (χ1) is 13.8. The molecule has 0 bridgehead atoms. The Kier molecular flexibility index (Phi) is 5.86. The monoisotopic (exact) mass is 399 g/mol. The highest BCUT2D eigenvalue weighted by Crippen LogP contribution is 2.25.